The van der Waals surface area contributed by atoms with Crippen molar-refractivity contribution in [2.75, 3.05) is 6.54 Å². The Labute approximate surface area is 115 Å². The molecule has 1 aromatic carbocycles. The lowest BCUT2D eigenvalue weighted by atomic mass is 10.1. The van der Waals surface area contributed by atoms with Gasteiger partial charge in [-0.15, -0.1) is 10.2 Å². The van der Waals surface area contributed by atoms with Crippen molar-refractivity contribution < 1.29 is 0 Å². The molecule has 0 fully saturated rings. The molecule has 0 saturated carbocycles. The van der Waals surface area contributed by atoms with E-state index in [0.717, 1.165) is 34.8 Å². The molecule has 0 amide bonds. The highest BCUT2D eigenvalue weighted by atomic mass is 79.9. The lowest BCUT2D eigenvalue weighted by Crippen LogP contribution is -2.32. The SMILES string of the molecule is Cc1cc(Br)cc(-c2nnc3n2CCNC3C)c1. The van der Waals surface area contributed by atoms with Crippen LogP contribution in [-0.4, -0.2) is 21.3 Å². The number of hydrogen-bond acceptors (Lipinski definition) is 3. The average Bonchev–Trinajstić information content (AvgIpc) is 2.73. The van der Waals surface area contributed by atoms with E-state index in [1.165, 1.54) is 5.56 Å². The van der Waals surface area contributed by atoms with Crippen molar-refractivity contribution >= 4 is 15.9 Å². The lowest BCUT2D eigenvalue weighted by molar-refractivity contribution is 0.439. The first-order chi connectivity index (χ1) is 8.65. The van der Waals surface area contributed by atoms with Crippen LogP contribution in [0.25, 0.3) is 11.4 Å². The van der Waals surface area contributed by atoms with E-state index in [-0.39, 0.29) is 6.04 Å². The average molecular weight is 307 g/mol. The highest BCUT2D eigenvalue weighted by Crippen LogP contribution is 2.26. The summed E-state index contributed by atoms with van der Waals surface area (Å²) in [6.07, 6.45) is 0. The predicted octanol–water partition coefficient (Wildman–Crippen LogP) is 2.68. The van der Waals surface area contributed by atoms with Crippen molar-refractivity contribution in [1.82, 2.24) is 20.1 Å². The standard InChI is InChI=1S/C13H15BrN4/c1-8-5-10(7-11(14)6-8)13-17-16-12-9(2)15-3-4-18(12)13/h5-7,9,15H,3-4H2,1-2H3. The van der Waals surface area contributed by atoms with Gasteiger partial charge in [0, 0.05) is 23.1 Å². The molecule has 0 spiro atoms. The summed E-state index contributed by atoms with van der Waals surface area (Å²) in [5.74, 6) is 1.98. The molecule has 4 nitrogen and oxygen atoms in total. The highest BCUT2D eigenvalue weighted by Gasteiger charge is 2.22. The van der Waals surface area contributed by atoms with E-state index in [9.17, 15) is 0 Å². The van der Waals surface area contributed by atoms with E-state index in [2.05, 4.69) is 68.1 Å². The quantitative estimate of drug-likeness (QED) is 0.881. The number of fused-ring (bicyclic) bond motifs is 1. The summed E-state index contributed by atoms with van der Waals surface area (Å²) >= 11 is 3.54. The van der Waals surface area contributed by atoms with Gasteiger partial charge in [0.15, 0.2) is 5.82 Å². The summed E-state index contributed by atoms with van der Waals surface area (Å²) in [4.78, 5) is 0. The van der Waals surface area contributed by atoms with Crippen molar-refractivity contribution in [3.63, 3.8) is 0 Å². The first kappa shape index (κ1) is 11.9. The minimum absolute atomic E-state index is 0.272. The van der Waals surface area contributed by atoms with Gasteiger partial charge < -0.3 is 9.88 Å². The van der Waals surface area contributed by atoms with Crippen LogP contribution in [0.3, 0.4) is 0 Å². The first-order valence-corrected chi connectivity index (χ1v) is 6.88. The molecule has 18 heavy (non-hydrogen) atoms. The molecule has 0 aliphatic carbocycles. The number of hydrogen-bond donors (Lipinski definition) is 1. The van der Waals surface area contributed by atoms with Gasteiger partial charge >= 0.3 is 0 Å². The largest absolute Gasteiger partial charge is 0.308 e. The molecule has 1 atom stereocenters. The Bertz CT molecular complexity index is 570. The van der Waals surface area contributed by atoms with Gasteiger partial charge in [-0.3, -0.25) is 0 Å². The second kappa shape index (κ2) is 4.48. The van der Waals surface area contributed by atoms with Crippen LogP contribution in [0.4, 0.5) is 0 Å². The summed E-state index contributed by atoms with van der Waals surface area (Å²) in [5, 5.41) is 12.1. The first-order valence-electron chi connectivity index (χ1n) is 6.09. The molecular weight excluding hydrogens is 292 g/mol. The second-order valence-corrected chi connectivity index (χ2v) is 5.64. The zero-order valence-electron chi connectivity index (χ0n) is 10.4. The fourth-order valence-corrected chi connectivity index (χ4v) is 3.03. The van der Waals surface area contributed by atoms with E-state index >= 15 is 0 Å². The lowest BCUT2D eigenvalue weighted by Gasteiger charge is -2.22. The molecule has 0 radical (unpaired) electrons. The van der Waals surface area contributed by atoms with Crippen molar-refractivity contribution in [1.29, 1.82) is 0 Å². The van der Waals surface area contributed by atoms with Crippen LogP contribution in [0.2, 0.25) is 0 Å². The van der Waals surface area contributed by atoms with E-state index in [4.69, 9.17) is 0 Å². The van der Waals surface area contributed by atoms with Crippen LogP contribution in [0.5, 0.6) is 0 Å². The van der Waals surface area contributed by atoms with E-state index in [1.807, 2.05) is 0 Å². The molecule has 1 aliphatic rings. The van der Waals surface area contributed by atoms with Crippen LogP contribution in [0.15, 0.2) is 22.7 Å². The van der Waals surface area contributed by atoms with E-state index < -0.39 is 0 Å². The molecule has 2 heterocycles. The smallest absolute Gasteiger partial charge is 0.164 e. The Hall–Kier alpha value is -1.20. The normalized spacial score (nSPS) is 18.7. The third kappa shape index (κ3) is 1.97. The fraction of sp³-hybridized carbons (Fsp3) is 0.385. The predicted molar refractivity (Wildman–Crippen MR) is 74.3 cm³/mol. The molecule has 1 aromatic heterocycles. The molecular formula is C13H15BrN4. The van der Waals surface area contributed by atoms with Crippen LogP contribution >= 0.6 is 15.9 Å². The minimum Gasteiger partial charge on any atom is -0.308 e. The van der Waals surface area contributed by atoms with Gasteiger partial charge in [-0.2, -0.15) is 0 Å². The Morgan fingerprint density at radius 1 is 1.33 bits per heavy atom. The molecule has 5 heteroatoms. The van der Waals surface area contributed by atoms with Gasteiger partial charge in [0.25, 0.3) is 0 Å². The number of aromatic nitrogens is 3. The summed E-state index contributed by atoms with van der Waals surface area (Å²) in [6.45, 7) is 6.10. The summed E-state index contributed by atoms with van der Waals surface area (Å²) in [6, 6.07) is 6.61. The van der Waals surface area contributed by atoms with E-state index in [0.29, 0.717) is 0 Å². The molecule has 1 N–H and O–H groups in total. The van der Waals surface area contributed by atoms with Crippen LogP contribution < -0.4 is 5.32 Å². The summed E-state index contributed by atoms with van der Waals surface area (Å²) in [7, 11) is 0. The van der Waals surface area contributed by atoms with Gasteiger partial charge in [-0.1, -0.05) is 15.9 Å². The third-order valence-corrected chi connectivity index (χ3v) is 3.71. The van der Waals surface area contributed by atoms with E-state index in [1.54, 1.807) is 0 Å². The van der Waals surface area contributed by atoms with Crippen LogP contribution in [0, 0.1) is 6.92 Å². The van der Waals surface area contributed by atoms with Crippen LogP contribution in [-0.2, 0) is 6.54 Å². The molecule has 1 aliphatic heterocycles. The van der Waals surface area contributed by atoms with Gasteiger partial charge in [0.2, 0.25) is 0 Å². The number of benzene rings is 1. The fourth-order valence-electron chi connectivity index (χ4n) is 2.42. The molecule has 0 bridgehead atoms. The maximum absolute atomic E-state index is 4.35. The zero-order chi connectivity index (χ0) is 12.7. The number of rotatable bonds is 1. The van der Waals surface area contributed by atoms with Crippen molar-refractivity contribution in [3.8, 4) is 11.4 Å². The highest BCUT2D eigenvalue weighted by molar-refractivity contribution is 9.10. The zero-order valence-corrected chi connectivity index (χ0v) is 12.0. The maximum atomic E-state index is 4.35. The molecule has 0 saturated heterocycles. The number of aryl methyl sites for hydroxylation is 1. The number of nitrogens with zero attached hydrogens (tertiary/aromatic N) is 3. The van der Waals surface area contributed by atoms with Crippen LogP contribution in [0.1, 0.15) is 24.4 Å². The Morgan fingerprint density at radius 2 is 2.17 bits per heavy atom. The Morgan fingerprint density at radius 3 is 2.94 bits per heavy atom. The maximum Gasteiger partial charge on any atom is 0.164 e. The Balaban J connectivity index is 2.12. The Kier molecular flexibility index (Phi) is 2.95. The van der Waals surface area contributed by atoms with Gasteiger partial charge in [0.1, 0.15) is 5.82 Å². The van der Waals surface area contributed by atoms with Gasteiger partial charge in [0.05, 0.1) is 6.04 Å². The van der Waals surface area contributed by atoms with Crippen molar-refractivity contribution in [2.45, 2.75) is 26.4 Å². The molecule has 1 unspecified atom stereocenters. The summed E-state index contributed by atoms with van der Waals surface area (Å²) < 4.78 is 3.29. The second-order valence-electron chi connectivity index (χ2n) is 4.73. The summed E-state index contributed by atoms with van der Waals surface area (Å²) in [5.41, 5.74) is 2.34. The third-order valence-electron chi connectivity index (χ3n) is 3.25. The monoisotopic (exact) mass is 306 g/mol. The molecule has 94 valence electrons. The number of halogens is 1. The topological polar surface area (TPSA) is 42.7 Å². The molecule has 3 rings (SSSR count). The number of nitrogens with one attached hydrogen (secondary N) is 1. The minimum atomic E-state index is 0.272. The van der Waals surface area contributed by atoms with Gasteiger partial charge in [-0.05, 0) is 37.6 Å². The van der Waals surface area contributed by atoms with Crippen molar-refractivity contribution in [2.24, 2.45) is 0 Å². The van der Waals surface area contributed by atoms with Gasteiger partial charge in [-0.25, -0.2) is 0 Å². The molecule has 2 aromatic rings. The van der Waals surface area contributed by atoms with Crippen molar-refractivity contribution in [3.05, 3.63) is 34.1 Å².